The molecule has 5 heteroatoms. The van der Waals surface area contributed by atoms with Gasteiger partial charge in [-0.3, -0.25) is 4.79 Å². The van der Waals surface area contributed by atoms with Crippen LogP contribution in [0.4, 0.5) is 5.69 Å². The van der Waals surface area contributed by atoms with Crippen LogP contribution < -0.4 is 14.8 Å². The van der Waals surface area contributed by atoms with Gasteiger partial charge in [-0.25, -0.2) is 0 Å². The molecule has 0 aromatic heterocycles. The largest absolute Gasteiger partial charge is 0.497 e. The van der Waals surface area contributed by atoms with Crippen molar-refractivity contribution in [3.63, 3.8) is 0 Å². The Hall–Kier alpha value is -3.26. The van der Waals surface area contributed by atoms with Gasteiger partial charge in [-0.15, -0.1) is 0 Å². The third-order valence-corrected chi connectivity index (χ3v) is 3.28. The molecule has 5 nitrogen and oxygen atoms in total. The highest BCUT2D eigenvalue weighted by Crippen LogP contribution is 2.18. The molecule has 128 valence electrons. The lowest BCUT2D eigenvalue weighted by molar-refractivity contribution is -0.112. The van der Waals surface area contributed by atoms with Gasteiger partial charge >= 0.3 is 0 Å². The molecule has 0 fully saturated rings. The number of nitrogens with zero attached hydrogens (tertiary/aromatic N) is 1. The molecule has 1 amide bonds. The average Bonchev–Trinajstić information content (AvgIpc) is 2.61. The minimum absolute atomic E-state index is 0.0216. The molecule has 0 heterocycles. The monoisotopic (exact) mass is 336 g/mol. The maximum atomic E-state index is 12.3. The van der Waals surface area contributed by atoms with Crippen LogP contribution in [0.5, 0.6) is 11.5 Å². The Morgan fingerprint density at radius 2 is 1.68 bits per heavy atom. The summed E-state index contributed by atoms with van der Waals surface area (Å²) in [5, 5.41) is 12.0. The quantitative estimate of drug-likeness (QED) is 0.638. The summed E-state index contributed by atoms with van der Waals surface area (Å²) in [6, 6.07) is 16.0. The predicted molar refractivity (Wildman–Crippen MR) is 97.4 cm³/mol. The molecule has 0 saturated heterocycles. The fourth-order valence-corrected chi connectivity index (χ4v) is 2.10. The molecule has 2 aromatic rings. The lowest BCUT2D eigenvalue weighted by Crippen LogP contribution is -2.13. The van der Waals surface area contributed by atoms with Crippen molar-refractivity contribution in [2.24, 2.45) is 0 Å². The molecular weight excluding hydrogens is 316 g/mol. The van der Waals surface area contributed by atoms with Crippen LogP contribution in [0, 0.1) is 11.3 Å². The Balaban J connectivity index is 2.10. The number of nitriles is 1. The molecular formula is C20H20N2O3. The van der Waals surface area contributed by atoms with Crippen molar-refractivity contribution in [1.29, 1.82) is 5.26 Å². The first-order chi connectivity index (χ1) is 12.0. The minimum Gasteiger partial charge on any atom is -0.497 e. The van der Waals surface area contributed by atoms with Crippen molar-refractivity contribution in [2.75, 3.05) is 12.4 Å². The maximum Gasteiger partial charge on any atom is 0.266 e. The third-order valence-electron chi connectivity index (χ3n) is 3.28. The second-order valence-corrected chi connectivity index (χ2v) is 5.59. The van der Waals surface area contributed by atoms with Gasteiger partial charge in [-0.2, -0.15) is 5.26 Å². The second kappa shape index (κ2) is 8.55. The van der Waals surface area contributed by atoms with E-state index in [1.807, 2.05) is 32.0 Å². The molecule has 25 heavy (non-hydrogen) atoms. The summed E-state index contributed by atoms with van der Waals surface area (Å²) in [6.45, 7) is 3.90. The highest BCUT2D eigenvalue weighted by atomic mass is 16.5. The van der Waals surface area contributed by atoms with E-state index in [1.165, 1.54) is 6.08 Å². The van der Waals surface area contributed by atoms with Crippen molar-refractivity contribution < 1.29 is 14.3 Å². The summed E-state index contributed by atoms with van der Waals surface area (Å²) in [4.78, 5) is 12.3. The molecule has 0 radical (unpaired) electrons. The summed E-state index contributed by atoms with van der Waals surface area (Å²) < 4.78 is 10.6. The van der Waals surface area contributed by atoms with Crippen LogP contribution in [-0.2, 0) is 4.79 Å². The van der Waals surface area contributed by atoms with Crippen LogP contribution in [0.15, 0.2) is 54.1 Å². The Bertz CT molecular complexity index is 785. The molecule has 0 aliphatic carbocycles. The van der Waals surface area contributed by atoms with Gasteiger partial charge in [0.1, 0.15) is 23.1 Å². The van der Waals surface area contributed by atoms with E-state index in [4.69, 9.17) is 9.47 Å². The molecule has 2 rings (SSSR count). The van der Waals surface area contributed by atoms with E-state index < -0.39 is 5.91 Å². The summed E-state index contributed by atoms with van der Waals surface area (Å²) in [5.41, 5.74) is 1.36. The number of ether oxygens (including phenoxy) is 2. The van der Waals surface area contributed by atoms with Crippen LogP contribution in [0.1, 0.15) is 19.4 Å². The molecule has 0 unspecified atom stereocenters. The Labute approximate surface area is 147 Å². The molecule has 0 aliphatic rings. The number of amides is 1. The molecule has 0 spiro atoms. The average molecular weight is 336 g/mol. The van der Waals surface area contributed by atoms with Crippen molar-refractivity contribution in [3.8, 4) is 17.6 Å². The first-order valence-corrected chi connectivity index (χ1v) is 7.85. The van der Waals surface area contributed by atoms with Crippen molar-refractivity contribution in [1.82, 2.24) is 0 Å². The van der Waals surface area contributed by atoms with Crippen LogP contribution in [0.2, 0.25) is 0 Å². The number of hydrogen-bond acceptors (Lipinski definition) is 4. The SMILES string of the molecule is COc1ccc(NC(=O)/C(C#N)=C/c2ccc(OC(C)C)cc2)cc1. The summed E-state index contributed by atoms with van der Waals surface area (Å²) in [6.07, 6.45) is 1.63. The zero-order valence-corrected chi connectivity index (χ0v) is 14.4. The van der Waals surface area contributed by atoms with Gasteiger partial charge in [0.15, 0.2) is 0 Å². The van der Waals surface area contributed by atoms with E-state index >= 15 is 0 Å². The second-order valence-electron chi connectivity index (χ2n) is 5.59. The number of benzene rings is 2. The minimum atomic E-state index is -0.463. The molecule has 0 atom stereocenters. The number of anilines is 1. The van der Waals surface area contributed by atoms with Gasteiger partial charge in [0.25, 0.3) is 5.91 Å². The van der Waals surface area contributed by atoms with E-state index in [2.05, 4.69) is 5.32 Å². The number of carbonyl (C=O) groups is 1. The van der Waals surface area contributed by atoms with Crippen LogP contribution in [0.3, 0.4) is 0 Å². The maximum absolute atomic E-state index is 12.3. The van der Waals surface area contributed by atoms with E-state index in [-0.39, 0.29) is 11.7 Å². The summed E-state index contributed by atoms with van der Waals surface area (Å²) in [5.74, 6) is 0.973. The standard InChI is InChI=1S/C20H20N2O3/c1-14(2)25-19-8-4-15(5-9-19)12-16(13-21)20(23)22-17-6-10-18(24-3)11-7-17/h4-12,14H,1-3H3,(H,22,23)/b16-12+. The van der Waals surface area contributed by atoms with Crippen molar-refractivity contribution in [3.05, 3.63) is 59.7 Å². The van der Waals surface area contributed by atoms with Gasteiger partial charge in [0, 0.05) is 5.69 Å². The summed E-state index contributed by atoms with van der Waals surface area (Å²) >= 11 is 0. The molecule has 0 aliphatic heterocycles. The fourth-order valence-electron chi connectivity index (χ4n) is 2.10. The van der Waals surface area contributed by atoms with Gasteiger partial charge in [-0.1, -0.05) is 12.1 Å². The topological polar surface area (TPSA) is 71.3 Å². The number of hydrogen-bond donors (Lipinski definition) is 1. The smallest absolute Gasteiger partial charge is 0.266 e. The highest BCUT2D eigenvalue weighted by Gasteiger charge is 2.10. The first-order valence-electron chi connectivity index (χ1n) is 7.85. The molecule has 2 aromatic carbocycles. The fraction of sp³-hybridized carbons (Fsp3) is 0.200. The lowest BCUT2D eigenvalue weighted by Gasteiger charge is -2.09. The highest BCUT2D eigenvalue weighted by molar-refractivity contribution is 6.09. The van der Waals surface area contributed by atoms with E-state index in [9.17, 15) is 10.1 Å². The number of carbonyl (C=O) groups excluding carboxylic acids is 1. The van der Waals surface area contributed by atoms with Gasteiger partial charge < -0.3 is 14.8 Å². The Morgan fingerprint density at radius 3 is 2.20 bits per heavy atom. The van der Waals surface area contributed by atoms with Gasteiger partial charge in [0.05, 0.1) is 13.2 Å². The van der Waals surface area contributed by atoms with Crippen LogP contribution in [0.25, 0.3) is 6.08 Å². The first kappa shape index (κ1) is 18.1. The van der Waals surface area contributed by atoms with Crippen molar-refractivity contribution >= 4 is 17.7 Å². The zero-order chi connectivity index (χ0) is 18.2. The van der Waals surface area contributed by atoms with Gasteiger partial charge in [-0.05, 0) is 61.9 Å². The predicted octanol–water partition coefficient (Wildman–Crippen LogP) is 4.03. The lowest BCUT2D eigenvalue weighted by atomic mass is 10.1. The normalized spacial score (nSPS) is 10.9. The number of nitrogens with one attached hydrogen (secondary N) is 1. The van der Waals surface area contributed by atoms with Crippen LogP contribution in [-0.4, -0.2) is 19.1 Å². The Kier molecular flexibility index (Phi) is 6.19. The molecule has 0 saturated carbocycles. The zero-order valence-electron chi connectivity index (χ0n) is 14.4. The Morgan fingerprint density at radius 1 is 1.08 bits per heavy atom. The summed E-state index contributed by atoms with van der Waals surface area (Å²) in [7, 11) is 1.57. The number of methoxy groups -OCH3 is 1. The molecule has 0 bridgehead atoms. The third kappa shape index (κ3) is 5.40. The van der Waals surface area contributed by atoms with Crippen molar-refractivity contribution in [2.45, 2.75) is 20.0 Å². The van der Waals surface area contributed by atoms with E-state index in [1.54, 1.807) is 43.5 Å². The number of rotatable bonds is 6. The van der Waals surface area contributed by atoms with Crippen LogP contribution >= 0.6 is 0 Å². The van der Waals surface area contributed by atoms with Gasteiger partial charge in [0.2, 0.25) is 0 Å². The molecule has 1 N–H and O–H groups in total. The van der Waals surface area contributed by atoms with E-state index in [0.717, 1.165) is 11.3 Å². The van der Waals surface area contributed by atoms with E-state index in [0.29, 0.717) is 11.4 Å².